The number of piperazine rings is 1. The molecule has 0 unspecified atom stereocenters. The molecule has 5 heterocycles. The number of aromatic nitrogens is 4. The summed E-state index contributed by atoms with van der Waals surface area (Å²) in [6, 6.07) is 11.1. The highest BCUT2D eigenvalue weighted by Gasteiger charge is 2.40. The predicted molar refractivity (Wildman–Crippen MR) is 158 cm³/mol. The van der Waals surface area contributed by atoms with E-state index in [1.165, 1.54) is 0 Å². The average molecular weight is 590 g/mol. The molecule has 0 amide bonds. The van der Waals surface area contributed by atoms with Crippen LogP contribution in [0.15, 0.2) is 53.7 Å². The number of rotatable bonds is 6. The molecule has 4 aromatic rings. The summed E-state index contributed by atoms with van der Waals surface area (Å²) in [4.78, 5) is 21.2. The SMILES string of the molecule is Cc1ccc([C@@H](CC(=O)O)c2ccn3c(C)nnc3c2C)cc1CN1C[C@@H]2CN(C)CCN2c2ncccc2S1(=O)=O. The number of carbonyl (C=O) groups is 1. The lowest BCUT2D eigenvalue weighted by molar-refractivity contribution is -0.137. The number of carboxylic acid groups (broad SMARTS) is 1. The van der Waals surface area contributed by atoms with Crippen molar-refractivity contribution in [2.75, 3.05) is 38.1 Å². The summed E-state index contributed by atoms with van der Waals surface area (Å²) in [6.07, 6.45) is 3.41. The highest BCUT2D eigenvalue weighted by Crippen LogP contribution is 2.36. The molecule has 12 heteroatoms. The molecule has 1 N–H and O–H groups in total. The lowest BCUT2D eigenvalue weighted by Gasteiger charge is -2.40. The molecule has 1 fully saturated rings. The van der Waals surface area contributed by atoms with Crippen molar-refractivity contribution < 1.29 is 18.3 Å². The van der Waals surface area contributed by atoms with Gasteiger partial charge in [-0.3, -0.25) is 9.20 Å². The third-order valence-electron chi connectivity index (χ3n) is 8.66. The summed E-state index contributed by atoms with van der Waals surface area (Å²) in [5.41, 5.74) is 5.01. The number of hydrogen-bond donors (Lipinski definition) is 1. The second-order valence-electron chi connectivity index (χ2n) is 11.4. The van der Waals surface area contributed by atoms with E-state index in [4.69, 9.17) is 0 Å². The van der Waals surface area contributed by atoms with Crippen LogP contribution in [-0.2, 0) is 21.4 Å². The number of nitrogens with zero attached hydrogens (tertiary/aromatic N) is 7. The minimum absolute atomic E-state index is 0.0427. The van der Waals surface area contributed by atoms with Crippen molar-refractivity contribution in [2.45, 2.75) is 50.6 Å². The van der Waals surface area contributed by atoms with E-state index >= 15 is 0 Å². The van der Waals surface area contributed by atoms with Crippen molar-refractivity contribution >= 4 is 27.5 Å². The number of sulfonamides is 1. The van der Waals surface area contributed by atoms with Crippen molar-refractivity contribution in [2.24, 2.45) is 0 Å². The van der Waals surface area contributed by atoms with Crippen LogP contribution in [0.25, 0.3) is 5.65 Å². The van der Waals surface area contributed by atoms with Crippen LogP contribution in [0.1, 0.15) is 46.0 Å². The number of anilines is 1. The van der Waals surface area contributed by atoms with Crippen molar-refractivity contribution in [3.8, 4) is 0 Å². The first-order chi connectivity index (χ1) is 20.0. The number of hydrogen-bond acceptors (Lipinski definition) is 8. The Balaban J connectivity index is 1.40. The maximum atomic E-state index is 14.1. The van der Waals surface area contributed by atoms with Crippen LogP contribution in [0.4, 0.5) is 5.82 Å². The van der Waals surface area contributed by atoms with E-state index < -0.39 is 21.9 Å². The Morgan fingerprint density at radius 3 is 2.69 bits per heavy atom. The van der Waals surface area contributed by atoms with E-state index in [9.17, 15) is 18.3 Å². The summed E-state index contributed by atoms with van der Waals surface area (Å²) >= 11 is 0. The largest absolute Gasteiger partial charge is 0.481 e. The van der Waals surface area contributed by atoms with Gasteiger partial charge in [0.15, 0.2) is 5.65 Å². The maximum Gasteiger partial charge on any atom is 0.304 e. The Morgan fingerprint density at radius 1 is 1.10 bits per heavy atom. The van der Waals surface area contributed by atoms with Gasteiger partial charge in [-0.2, -0.15) is 4.31 Å². The monoisotopic (exact) mass is 589 g/mol. The van der Waals surface area contributed by atoms with Crippen LogP contribution in [-0.4, -0.2) is 87.5 Å². The molecule has 2 aliphatic heterocycles. The maximum absolute atomic E-state index is 14.1. The fourth-order valence-corrected chi connectivity index (χ4v) is 7.91. The Kier molecular flexibility index (Phi) is 7.24. The van der Waals surface area contributed by atoms with Crippen LogP contribution in [0, 0.1) is 20.8 Å². The molecular weight excluding hydrogens is 554 g/mol. The number of pyridine rings is 2. The zero-order valence-corrected chi connectivity index (χ0v) is 25.0. The lowest BCUT2D eigenvalue weighted by Crippen LogP contribution is -2.55. The molecule has 0 spiro atoms. The summed E-state index contributed by atoms with van der Waals surface area (Å²) in [6.45, 7) is 8.53. The van der Waals surface area contributed by atoms with Crippen LogP contribution >= 0.6 is 0 Å². The van der Waals surface area contributed by atoms with Crippen LogP contribution < -0.4 is 4.90 Å². The topological polar surface area (TPSA) is 124 Å². The predicted octanol–water partition coefficient (Wildman–Crippen LogP) is 2.98. The molecule has 3 aromatic heterocycles. The van der Waals surface area contributed by atoms with Crippen molar-refractivity contribution in [1.29, 1.82) is 0 Å². The summed E-state index contributed by atoms with van der Waals surface area (Å²) < 4.78 is 31.6. The first-order valence-corrected chi connectivity index (χ1v) is 15.5. The normalized spacial score (nSPS) is 19.7. The van der Waals surface area contributed by atoms with Gasteiger partial charge in [-0.05, 0) is 73.8 Å². The van der Waals surface area contributed by atoms with E-state index in [-0.39, 0.29) is 23.9 Å². The van der Waals surface area contributed by atoms with Crippen LogP contribution in [0.3, 0.4) is 0 Å². The minimum atomic E-state index is -3.84. The average Bonchev–Trinajstić information content (AvgIpc) is 3.30. The van der Waals surface area contributed by atoms with Gasteiger partial charge in [-0.25, -0.2) is 13.4 Å². The number of likely N-dealkylation sites (N-methyl/N-ethyl adjacent to an activating group) is 1. The second-order valence-corrected chi connectivity index (χ2v) is 13.3. The Morgan fingerprint density at radius 2 is 1.90 bits per heavy atom. The summed E-state index contributed by atoms with van der Waals surface area (Å²) in [5, 5.41) is 18.4. The van der Waals surface area contributed by atoms with Crippen molar-refractivity contribution in [3.05, 3.63) is 82.4 Å². The Bertz CT molecular complexity index is 1790. The van der Waals surface area contributed by atoms with Gasteiger partial charge in [0.05, 0.1) is 12.5 Å². The Hall–Kier alpha value is -3.87. The van der Waals surface area contributed by atoms with Gasteiger partial charge in [-0.15, -0.1) is 10.2 Å². The standard InChI is InChI=1S/C30H35N7O4S/c1-19-7-8-22(26(15-28(38)39)25-9-11-36-21(3)32-33-29(36)20(25)2)14-23(19)16-35-18-24-17-34(4)12-13-37(24)30-27(42(35,40)41)6-5-10-31-30/h5-11,14,24,26H,12-13,15-18H2,1-4H3,(H,38,39)/t24-,26+/m0/s1. The molecule has 11 nitrogen and oxygen atoms in total. The van der Waals surface area contributed by atoms with Gasteiger partial charge >= 0.3 is 5.97 Å². The quantitative estimate of drug-likeness (QED) is 0.361. The number of carboxylic acids is 1. The highest BCUT2D eigenvalue weighted by atomic mass is 32.2. The fraction of sp³-hybridized carbons (Fsp3) is 0.400. The van der Waals surface area contributed by atoms with Gasteiger partial charge in [0.1, 0.15) is 16.5 Å². The number of aryl methyl sites for hydroxylation is 3. The van der Waals surface area contributed by atoms with E-state index in [0.29, 0.717) is 24.6 Å². The minimum Gasteiger partial charge on any atom is -0.481 e. The molecule has 6 rings (SSSR count). The molecule has 2 atom stereocenters. The third kappa shape index (κ3) is 4.93. The van der Waals surface area contributed by atoms with Crippen molar-refractivity contribution in [3.63, 3.8) is 0 Å². The molecule has 0 bridgehead atoms. The van der Waals surface area contributed by atoms with Gasteiger partial charge < -0.3 is 14.9 Å². The van der Waals surface area contributed by atoms with Crippen molar-refractivity contribution in [1.82, 2.24) is 28.8 Å². The summed E-state index contributed by atoms with van der Waals surface area (Å²) in [7, 11) is -1.79. The second kappa shape index (κ2) is 10.8. The molecular formula is C30H35N7O4S. The van der Waals surface area contributed by atoms with E-state index in [1.54, 1.807) is 22.6 Å². The first-order valence-electron chi connectivity index (χ1n) is 14.1. The molecule has 0 saturated carbocycles. The summed E-state index contributed by atoms with van der Waals surface area (Å²) in [5.74, 6) is -0.0957. The van der Waals surface area contributed by atoms with E-state index in [2.05, 4.69) is 32.0 Å². The van der Waals surface area contributed by atoms with Crippen LogP contribution in [0.2, 0.25) is 0 Å². The van der Waals surface area contributed by atoms with Crippen LogP contribution in [0.5, 0.6) is 0 Å². The fourth-order valence-electron chi connectivity index (χ4n) is 6.31. The third-order valence-corrected chi connectivity index (χ3v) is 10.5. The highest BCUT2D eigenvalue weighted by molar-refractivity contribution is 7.89. The molecule has 220 valence electrons. The number of aliphatic carboxylic acids is 1. The molecule has 0 aliphatic carbocycles. The Labute approximate surface area is 245 Å². The first kappa shape index (κ1) is 28.3. The molecule has 42 heavy (non-hydrogen) atoms. The number of benzene rings is 1. The van der Waals surface area contributed by atoms with Gasteiger partial charge in [0, 0.05) is 51.0 Å². The van der Waals surface area contributed by atoms with Gasteiger partial charge in [0.2, 0.25) is 10.0 Å². The van der Waals surface area contributed by atoms with Gasteiger partial charge in [0.25, 0.3) is 0 Å². The molecule has 1 saturated heterocycles. The lowest BCUT2D eigenvalue weighted by atomic mass is 9.85. The zero-order valence-electron chi connectivity index (χ0n) is 24.2. The molecule has 2 aliphatic rings. The smallest absolute Gasteiger partial charge is 0.304 e. The van der Waals surface area contributed by atoms with Gasteiger partial charge in [-0.1, -0.05) is 18.2 Å². The molecule has 0 radical (unpaired) electrons. The number of fused-ring (bicyclic) bond motifs is 4. The zero-order chi connectivity index (χ0) is 29.8. The van der Waals surface area contributed by atoms with E-state index in [0.717, 1.165) is 46.7 Å². The molecule has 1 aromatic carbocycles. The van der Waals surface area contributed by atoms with E-state index in [1.807, 2.05) is 55.6 Å².